The van der Waals surface area contributed by atoms with Crippen LogP contribution in [0.1, 0.15) is 39.5 Å². The number of nitrogens with zero attached hydrogens (tertiary/aromatic N) is 3. The van der Waals surface area contributed by atoms with Crippen LogP contribution in [-0.2, 0) is 0 Å². The van der Waals surface area contributed by atoms with Gasteiger partial charge in [-0.3, -0.25) is 0 Å². The lowest BCUT2D eigenvalue weighted by atomic mass is 10.1. The lowest BCUT2D eigenvalue weighted by Crippen LogP contribution is -2.02. The minimum absolute atomic E-state index is 0.0964. The Hall–Kier alpha value is -5.41. The monoisotopic (exact) mass is 565 g/mol. The summed E-state index contributed by atoms with van der Waals surface area (Å²) < 4.78 is 16.6. The van der Waals surface area contributed by atoms with Crippen LogP contribution >= 0.6 is 0 Å². The Labute approximate surface area is 244 Å². The van der Waals surface area contributed by atoms with Gasteiger partial charge >= 0.3 is 0 Å². The molecule has 0 saturated heterocycles. The largest absolute Gasteiger partial charge is 0.507 e. The van der Waals surface area contributed by atoms with Crippen molar-refractivity contribution in [2.45, 2.75) is 39.5 Å². The van der Waals surface area contributed by atoms with Crippen LogP contribution in [-0.4, -0.2) is 43.5 Å². The highest BCUT2D eigenvalue weighted by Gasteiger charge is 2.19. The van der Waals surface area contributed by atoms with Gasteiger partial charge in [0.25, 0.3) is 0 Å². The summed E-state index contributed by atoms with van der Waals surface area (Å²) in [5, 5.41) is 32.6. The maximum absolute atomic E-state index is 10.9. The maximum Gasteiger partial charge on any atom is 0.167 e. The van der Waals surface area contributed by atoms with Crippen molar-refractivity contribution >= 4 is 0 Å². The van der Waals surface area contributed by atoms with Crippen LogP contribution < -0.4 is 14.2 Å². The number of ether oxygens (including phenoxy) is 3. The van der Waals surface area contributed by atoms with Gasteiger partial charge in [0.2, 0.25) is 0 Å². The van der Waals surface area contributed by atoms with Gasteiger partial charge in [-0.25, -0.2) is 15.0 Å². The van der Waals surface area contributed by atoms with Crippen molar-refractivity contribution in [3.63, 3.8) is 0 Å². The number of terminal acetylenes is 1. The van der Waals surface area contributed by atoms with Crippen LogP contribution in [0.4, 0.5) is 0 Å². The number of hydrogen-bond donors (Lipinski definition) is 3. The molecule has 214 valence electrons. The van der Waals surface area contributed by atoms with Crippen LogP contribution in [0.3, 0.4) is 0 Å². The van der Waals surface area contributed by atoms with E-state index < -0.39 is 0 Å². The third kappa shape index (κ3) is 7.41. The number of rotatable bonds is 12. The highest BCUT2D eigenvalue weighted by atomic mass is 16.5. The summed E-state index contributed by atoms with van der Waals surface area (Å²) in [7, 11) is 0. The second-order valence-electron chi connectivity index (χ2n) is 9.22. The van der Waals surface area contributed by atoms with E-state index in [0.29, 0.717) is 35.8 Å². The minimum atomic E-state index is -0.189. The number of phenols is 3. The van der Waals surface area contributed by atoms with Crippen molar-refractivity contribution < 1.29 is 29.5 Å². The van der Waals surface area contributed by atoms with E-state index in [2.05, 4.69) is 46.7 Å². The topological polar surface area (TPSA) is 127 Å². The maximum atomic E-state index is 10.9. The molecule has 9 nitrogen and oxygen atoms in total. The van der Waals surface area contributed by atoms with Gasteiger partial charge < -0.3 is 29.5 Å². The Kier molecular flexibility index (Phi) is 10.1. The fraction of sp³-hybridized carbons (Fsp3) is 0.242. The van der Waals surface area contributed by atoms with Gasteiger partial charge in [0.05, 0.1) is 29.9 Å². The van der Waals surface area contributed by atoms with Gasteiger partial charge in [-0.15, -0.1) is 6.42 Å². The first kappa shape index (κ1) is 29.6. The molecule has 0 aliphatic carbocycles. The van der Waals surface area contributed by atoms with Crippen molar-refractivity contribution in [3.05, 3.63) is 54.6 Å². The van der Waals surface area contributed by atoms with Gasteiger partial charge in [-0.2, -0.15) is 0 Å². The molecule has 1 heterocycles. The molecule has 0 spiro atoms. The molecule has 1 aromatic heterocycles. The van der Waals surface area contributed by atoms with Crippen molar-refractivity contribution in [2.75, 3.05) is 13.2 Å². The van der Waals surface area contributed by atoms with Gasteiger partial charge in [0.1, 0.15) is 40.6 Å². The lowest BCUT2D eigenvalue weighted by Gasteiger charge is -2.13. The molecule has 0 unspecified atom stereocenters. The van der Waals surface area contributed by atoms with E-state index in [4.69, 9.17) is 20.6 Å². The lowest BCUT2D eigenvalue weighted by molar-refractivity contribution is 0.307. The summed E-state index contributed by atoms with van der Waals surface area (Å²) in [6.07, 6.45) is 11.2. The van der Waals surface area contributed by atoms with Crippen LogP contribution in [0.5, 0.6) is 34.5 Å². The fourth-order valence-corrected chi connectivity index (χ4v) is 3.86. The summed E-state index contributed by atoms with van der Waals surface area (Å²) in [6, 6.07) is 14.2. The molecule has 3 aromatic carbocycles. The average Bonchev–Trinajstić information content (AvgIpc) is 2.97. The Morgan fingerprint density at radius 1 is 0.643 bits per heavy atom. The predicted octanol–water partition coefficient (Wildman–Crippen LogP) is 6.32. The van der Waals surface area contributed by atoms with Gasteiger partial charge in [0.15, 0.2) is 17.5 Å². The Morgan fingerprint density at radius 2 is 1.05 bits per heavy atom. The van der Waals surface area contributed by atoms with Crippen molar-refractivity contribution in [2.24, 2.45) is 0 Å². The molecule has 3 N–H and O–H groups in total. The van der Waals surface area contributed by atoms with Gasteiger partial charge in [0, 0.05) is 24.1 Å². The van der Waals surface area contributed by atoms with E-state index in [9.17, 15) is 15.3 Å². The molecule has 4 aromatic rings. The number of benzene rings is 3. The molecular weight excluding hydrogens is 534 g/mol. The smallest absolute Gasteiger partial charge is 0.167 e. The van der Waals surface area contributed by atoms with E-state index in [1.807, 2.05) is 0 Å². The van der Waals surface area contributed by atoms with Gasteiger partial charge in [-0.05, 0) is 55.2 Å². The van der Waals surface area contributed by atoms with E-state index in [0.717, 1.165) is 25.7 Å². The van der Waals surface area contributed by atoms with E-state index >= 15 is 0 Å². The zero-order valence-corrected chi connectivity index (χ0v) is 23.4. The van der Waals surface area contributed by atoms with Gasteiger partial charge in [-0.1, -0.05) is 26.7 Å². The zero-order valence-electron chi connectivity index (χ0n) is 23.4. The quantitative estimate of drug-likeness (QED) is 0.134. The zero-order chi connectivity index (χ0) is 29.9. The first-order valence-corrected chi connectivity index (χ1v) is 13.6. The van der Waals surface area contributed by atoms with Crippen LogP contribution in [0, 0.1) is 24.4 Å². The molecule has 0 atom stereocenters. The third-order valence-electron chi connectivity index (χ3n) is 6.09. The summed E-state index contributed by atoms with van der Waals surface area (Å²) >= 11 is 0. The van der Waals surface area contributed by atoms with E-state index in [1.165, 1.54) is 18.2 Å². The van der Waals surface area contributed by atoms with Crippen molar-refractivity contribution in [1.29, 1.82) is 0 Å². The number of hydrogen-bond acceptors (Lipinski definition) is 9. The molecule has 0 aliphatic rings. The van der Waals surface area contributed by atoms with Crippen molar-refractivity contribution in [1.82, 2.24) is 15.0 Å². The SMILES string of the molecule is C#CC#COc1ccc(-c2nc(-c3ccc(OCCCC)cc3O)nc(-c3ccc(OCCCC)cc3O)n2)c(O)c1. The Bertz CT molecular complexity index is 1570. The summed E-state index contributed by atoms with van der Waals surface area (Å²) in [5.41, 5.74) is 0.881. The van der Waals surface area contributed by atoms with Crippen LogP contribution in [0.15, 0.2) is 54.6 Å². The van der Waals surface area contributed by atoms with E-state index in [-0.39, 0.29) is 46.0 Å². The normalized spacial score (nSPS) is 10.3. The number of aromatic hydroxyl groups is 3. The second kappa shape index (κ2) is 14.3. The standard InChI is InChI=1S/C33H31N3O6/c1-4-7-16-40-22-10-13-25(28(37)19-22)31-34-32(26-14-11-23(20-29(26)38)41-17-8-5-2)36-33(35-31)27-15-12-24(21-30(27)39)42-18-9-6-3/h1,10-15,19-21,37-39H,5-6,8-9,17-18H2,2-3H3. The second-order valence-corrected chi connectivity index (χ2v) is 9.22. The fourth-order valence-electron chi connectivity index (χ4n) is 3.86. The van der Waals surface area contributed by atoms with Crippen molar-refractivity contribution in [3.8, 4) is 93.0 Å². The molecule has 0 fully saturated rings. The Balaban J connectivity index is 1.78. The highest BCUT2D eigenvalue weighted by Crippen LogP contribution is 2.37. The molecule has 0 amide bonds. The molecule has 0 saturated carbocycles. The number of phenolic OH excluding ortho intramolecular Hbond substituents is 3. The molecule has 42 heavy (non-hydrogen) atoms. The molecule has 0 aliphatic heterocycles. The third-order valence-corrected chi connectivity index (χ3v) is 6.09. The Morgan fingerprint density at radius 3 is 1.43 bits per heavy atom. The van der Waals surface area contributed by atoms with E-state index in [1.54, 1.807) is 36.4 Å². The number of aromatic nitrogens is 3. The first-order valence-electron chi connectivity index (χ1n) is 13.6. The predicted molar refractivity (Wildman–Crippen MR) is 159 cm³/mol. The summed E-state index contributed by atoms with van der Waals surface area (Å²) in [5.74, 6) is 5.71. The molecule has 0 radical (unpaired) electrons. The molecule has 9 heteroatoms. The number of unbranched alkanes of at least 4 members (excludes halogenated alkanes) is 2. The van der Waals surface area contributed by atoms with Crippen LogP contribution in [0.25, 0.3) is 34.2 Å². The highest BCUT2D eigenvalue weighted by molar-refractivity contribution is 5.74. The summed E-state index contributed by atoms with van der Waals surface area (Å²) in [6.45, 7) is 5.19. The molecular formula is C33H31N3O6. The molecule has 0 bridgehead atoms. The molecule has 4 rings (SSSR count). The minimum Gasteiger partial charge on any atom is -0.507 e. The van der Waals surface area contributed by atoms with Crippen LogP contribution in [0.2, 0.25) is 0 Å². The average molecular weight is 566 g/mol. The first-order chi connectivity index (χ1) is 20.4. The summed E-state index contributed by atoms with van der Waals surface area (Å²) in [4.78, 5) is 13.6.